The molecule has 0 fully saturated rings. The van der Waals surface area contributed by atoms with Gasteiger partial charge in [-0.25, -0.2) is 9.37 Å². The summed E-state index contributed by atoms with van der Waals surface area (Å²) >= 11 is 0. The average molecular weight is 543 g/mol. The van der Waals surface area contributed by atoms with Crippen molar-refractivity contribution in [3.8, 4) is 0 Å². The Labute approximate surface area is 234 Å². The van der Waals surface area contributed by atoms with Gasteiger partial charge in [0.1, 0.15) is 5.82 Å². The van der Waals surface area contributed by atoms with Crippen molar-refractivity contribution in [3.63, 3.8) is 0 Å². The van der Waals surface area contributed by atoms with Crippen LogP contribution in [0.25, 0.3) is 11.0 Å². The number of anilines is 1. The number of nitrogens with zero attached hydrogens (tertiary/aromatic N) is 6. The summed E-state index contributed by atoms with van der Waals surface area (Å²) in [5, 5.41) is 5.29. The third kappa shape index (κ3) is 5.74. The van der Waals surface area contributed by atoms with Crippen LogP contribution in [0.2, 0.25) is 0 Å². The lowest BCUT2D eigenvalue weighted by atomic mass is 10.1. The molecule has 8 nitrogen and oxygen atoms in total. The second kappa shape index (κ2) is 11.6. The fraction of sp³-hybridized carbons (Fsp3) is 0.355. The van der Waals surface area contributed by atoms with Gasteiger partial charge in [0.05, 0.1) is 16.6 Å². The molecule has 9 heteroatoms. The van der Waals surface area contributed by atoms with E-state index in [9.17, 15) is 14.0 Å². The molecule has 0 saturated heterocycles. The molecule has 0 atom stereocenters. The molecule has 3 heterocycles. The standard InChI is InChI=1S/C31H35FN6O2/c1-21-18-27(29-22(2)34-35(4)30(29)33-21)31(40)37-17-16-36(19-24-10-12-26(32)13-11-24)14-7-15-38(23(3)39)28-9-6-5-8-25(28)20-37/h5-6,8-13,18H,7,14-17,19-20H2,1-4H3. The molecule has 0 aliphatic carbocycles. The van der Waals surface area contributed by atoms with Crippen LogP contribution in [0.5, 0.6) is 0 Å². The number of fused-ring (bicyclic) bond motifs is 2. The number of para-hydroxylation sites is 1. The summed E-state index contributed by atoms with van der Waals surface area (Å²) in [7, 11) is 1.84. The SMILES string of the molecule is CC(=O)N1CCCN(Cc2ccc(F)cc2)CCN(C(=O)c2cc(C)nc3c2c(C)nn3C)Cc2ccccc21. The first-order valence-electron chi connectivity index (χ1n) is 13.6. The van der Waals surface area contributed by atoms with Crippen LogP contribution in [0.1, 0.15) is 46.2 Å². The first-order valence-corrected chi connectivity index (χ1v) is 13.6. The molecule has 0 spiro atoms. The fourth-order valence-electron chi connectivity index (χ4n) is 5.55. The summed E-state index contributed by atoms with van der Waals surface area (Å²) in [6.07, 6.45) is 0.766. The molecular formula is C31H35FN6O2. The average Bonchev–Trinajstić information content (AvgIpc) is 3.19. The number of halogens is 1. The molecule has 208 valence electrons. The van der Waals surface area contributed by atoms with Crippen molar-refractivity contribution in [1.29, 1.82) is 0 Å². The van der Waals surface area contributed by atoms with Gasteiger partial charge in [-0.3, -0.25) is 19.2 Å². The van der Waals surface area contributed by atoms with Crippen LogP contribution in [-0.4, -0.2) is 62.6 Å². The lowest BCUT2D eigenvalue weighted by Gasteiger charge is -2.28. The highest BCUT2D eigenvalue weighted by atomic mass is 19.1. The van der Waals surface area contributed by atoms with Gasteiger partial charge in [-0.15, -0.1) is 0 Å². The molecule has 2 aromatic heterocycles. The van der Waals surface area contributed by atoms with Crippen LogP contribution in [-0.2, 0) is 24.9 Å². The Morgan fingerprint density at radius 2 is 1.73 bits per heavy atom. The van der Waals surface area contributed by atoms with Gasteiger partial charge >= 0.3 is 0 Å². The Balaban J connectivity index is 1.54. The predicted octanol–water partition coefficient (Wildman–Crippen LogP) is 4.63. The highest BCUT2D eigenvalue weighted by molar-refractivity contribution is 6.06. The second-order valence-electron chi connectivity index (χ2n) is 10.5. The molecule has 0 saturated carbocycles. The zero-order valence-corrected chi connectivity index (χ0v) is 23.5. The van der Waals surface area contributed by atoms with E-state index in [0.717, 1.165) is 46.6 Å². The summed E-state index contributed by atoms with van der Waals surface area (Å²) in [5.74, 6) is -0.402. The molecule has 0 unspecified atom stereocenters. The van der Waals surface area contributed by atoms with Crippen LogP contribution in [0.4, 0.5) is 10.1 Å². The Morgan fingerprint density at radius 1 is 0.975 bits per heavy atom. The maximum Gasteiger partial charge on any atom is 0.255 e. The summed E-state index contributed by atoms with van der Waals surface area (Å²) in [6.45, 7) is 8.74. The Bertz CT molecular complexity index is 1550. The van der Waals surface area contributed by atoms with Crippen LogP contribution in [0.15, 0.2) is 54.6 Å². The van der Waals surface area contributed by atoms with E-state index in [2.05, 4.69) is 15.0 Å². The molecule has 40 heavy (non-hydrogen) atoms. The number of hydrogen-bond acceptors (Lipinski definition) is 5. The maximum atomic E-state index is 14.3. The van der Waals surface area contributed by atoms with Crippen molar-refractivity contribution in [2.24, 2.45) is 7.05 Å². The topological polar surface area (TPSA) is 74.6 Å². The van der Waals surface area contributed by atoms with Gasteiger partial charge < -0.3 is 9.80 Å². The minimum Gasteiger partial charge on any atom is -0.333 e. The van der Waals surface area contributed by atoms with E-state index in [0.29, 0.717) is 43.9 Å². The molecule has 1 aliphatic heterocycles. The van der Waals surface area contributed by atoms with Gasteiger partial charge in [0.25, 0.3) is 5.91 Å². The third-order valence-corrected chi connectivity index (χ3v) is 7.50. The normalized spacial score (nSPS) is 15.1. The molecule has 5 rings (SSSR count). The largest absolute Gasteiger partial charge is 0.333 e. The highest BCUT2D eigenvalue weighted by Gasteiger charge is 2.26. The third-order valence-electron chi connectivity index (χ3n) is 7.50. The first kappa shape index (κ1) is 27.5. The van der Waals surface area contributed by atoms with E-state index in [1.807, 2.05) is 56.1 Å². The summed E-state index contributed by atoms with van der Waals surface area (Å²) < 4.78 is 15.3. The van der Waals surface area contributed by atoms with Gasteiger partial charge in [0.15, 0.2) is 5.65 Å². The van der Waals surface area contributed by atoms with Crippen LogP contribution >= 0.6 is 0 Å². The summed E-state index contributed by atoms with van der Waals surface area (Å²) in [6, 6.07) is 16.2. The minimum atomic E-state index is -0.266. The maximum absolute atomic E-state index is 14.3. The van der Waals surface area contributed by atoms with Gasteiger partial charge in [-0.1, -0.05) is 30.3 Å². The molecule has 0 bridgehead atoms. The number of amides is 2. The number of aryl methyl sites for hydroxylation is 3. The monoisotopic (exact) mass is 542 g/mol. The lowest BCUT2D eigenvalue weighted by molar-refractivity contribution is -0.116. The molecule has 0 N–H and O–H groups in total. The summed E-state index contributed by atoms with van der Waals surface area (Å²) in [4.78, 5) is 37.7. The zero-order valence-electron chi connectivity index (χ0n) is 23.5. The summed E-state index contributed by atoms with van der Waals surface area (Å²) in [5.41, 5.74) is 5.51. The molecule has 1 aliphatic rings. The van der Waals surface area contributed by atoms with E-state index in [-0.39, 0.29) is 17.6 Å². The number of benzene rings is 2. The Morgan fingerprint density at radius 3 is 2.48 bits per heavy atom. The van der Waals surface area contributed by atoms with Gasteiger partial charge in [0.2, 0.25) is 5.91 Å². The fourth-order valence-corrected chi connectivity index (χ4v) is 5.55. The Hall–Kier alpha value is -4.11. The van der Waals surface area contributed by atoms with Gasteiger partial charge in [-0.05, 0) is 55.7 Å². The molecule has 2 aromatic carbocycles. The lowest BCUT2D eigenvalue weighted by Crippen LogP contribution is -2.38. The smallest absolute Gasteiger partial charge is 0.255 e. The van der Waals surface area contributed by atoms with Crippen molar-refractivity contribution in [2.45, 2.75) is 40.3 Å². The van der Waals surface area contributed by atoms with Crippen molar-refractivity contribution in [3.05, 3.63) is 88.5 Å². The molecule has 0 radical (unpaired) electrons. The van der Waals surface area contributed by atoms with E-state index < -0.39 is 0 Å². The number of carbonyl (C=O) groups excluding carboxylic acids is 2. The second-order valence-corrected chi connectivity index (χ2v) is 10.5. The Kier molecular flexibility index (Phi) is 7.93. The van der Waals surface area contributed by atoms with Crippen LogP contribution in [0.3, 0.4) is 0 Å². The van der Waals surface area contributed by atoms with Gasteiger partial charge in [0, 0.05) is 64.6 Å². The van der Waals surface area contributed by atoms with Crippen LogP contribution in [0, 0.1) is 19.7 Å². The zero-order chi connectivity index (χ0) is 28.4. The van der Waals surface area contributed by atoms with Crippen LogP contribution < -0.4 is 4.90 Å². The number of pyridine rings is 1. The van der Waals surface area contributed by atoms with Crippen molar-refractivity contribution in [2.75, 3.05) is 31.1 Å². The molecule has 4 aromatic rings. The highest BCUT2D eigenvalue weighted by Crippen LogP contribution is 2.27. The quantitative estimate of drug-likeness (QED) is 0.378. The minimum absolute atomic E-state index is 0.0351. The molecule has 2 amide bonds. The van der Waals surface area contributed by atoms with E-state index in [1.54, 1.807) is 28.6 Å². The van der Waals surface area contributed by atoms with Gasteiger partial charge in [-0.2, -0.15) is 5.10 Å². The molecular weight excluding hydrogens is 507 g/mol. The van der Waals surface area contributed by atoms with Crippen molar-refractivity contribution < 1.29 is 14.0 Å². The number of aromatic nitrogens is 3. The van der Waals surface area contributed by atoms with E-state index >= 15 is 0 Å². The van der Waals surface area contributed by atoms with Crippen molar-refractivity contribution in [1.82, 2.24) is 24.6 Å². The number of rotatable bonds is 3. The number of hydrogen-bond donors (Lipinski definition) is 0. The predicted molar refractivity (Wildman–Crippen MR) is 153 cm³/mol. The first-order chi connectivity index (χ1) is 19.2. The van der Waals surface area contributed by atoms with Crippen molar-refractivity contribution >= 4 is 28.5 Å². The van der Waals surface area contributed by atoms with E-state index in [1.165, 1.54) is 12.1 Å². The van der Waals surface area contributed by atoms with E-state index in [4.69, 9.17) is 0 Å². The number of carbonyl (C=O) groups is 2.